The molecule has 1 atom stereocenters. The Morgan fingerprint density at radius 2 is 2.32 bits per heavy atom. The second kappa shape index (κ2) is 6.96. The Labute approximate surface area is 143 Å². The van der Waals surface area contributed by atoms with Crippen molar-refractivity contribution in [1.82, 2.24) is 15.2 Å². The van der Waals surface area contributed by atoms with Gasteiger partial charge >= 0.3 is 0 Å². The van der Waals surface area contributed by atoms with Crippen LogP contribution in [0.4, 0.5) is 0 Å². The molecule has 7 heteroatoms. The number of thiazole rings is 1. The Bertz CT molecular complexity index is 663. The average Bonchev–Trinajstić information content (AvgIpc) is 3.11. The SMILES string of the molecule is O=C(N[C@H]1CCN(Cc2cncs2)C1)c1ccc(Cl)cc1Cl. The first-order valence-electron chi connectivity index (χ1n) is 6.97. The predicted molar refractivity (Wildman–Crippen MR) is 89.7 cm³/mol. The van der Waals surface area contributed by atoms with Gasteiger partial charge in [-0.1, -0.05) is 23.2 Å². The maximum atomic E-state index is 12.3. The highest BCUT2D eigenvalue weighted by molar-refractivity contribution is 7.09. The predicted octanol–water partition coefficient (Wildman–Crippen LogP) is 3.45. The number of aromatic nitrogens is 1. The summed E-state index contributed by atoms with van der Waals surface area (Å²) < 4.78 is 0. The van der Waals surface area contributed by atoms with Crippen LogP contribution in [-0.2, 0) is 6.54 Å². The first-order chi connectivity index (χ1) is 10.6. The van der Waals surface area contributed by atoms with E-state index in [4.69, 9.17) is 23.2 Å². The van der Waals surface area contributed by atoms with E-state index in [0.29, 0.717) is 15.6 Å². The maximum Gasteiger partial charge on any atom is 0.253 e. The Balaban J connectivity index is 1.56. The second-order valence-corrected chi connectivity index (χ2v) is 7.10. The van der Waals surface area contributed by atoms with Gasteiger partial charge < -0.3 is 5.32 Å². The number of likely N-dealkylation sites (tertiary alicyclic amines) is 1. The van der Waals surface area contributed by atoms with Crippen molar-refractivity contribution in [2.24, 2.45) is 0 Å². The molecule has 3 rings (SSSR count). The molecule has 0 aliphatic carbocycles. The number of amides is 1. The number of halogens is 2. The van der Waals surface area contributed by atoms with Gasteiger partial charge in [-0.2, -0.15) is 0 Å². The fourth-order valence-electron chi connectivity index (χ4n) is 2.57. The number of benzene rings is 1. The molecule has 1 saturated heterocycles. The van der Waals surface area contributed by atoms with Crippen LogP contribution in [0.2, 0.25) is 10.0 Å². The lowest BCUT2D eigenvalue weighted by Crippen LogP contribution is -2.37. The first kappa shape index (κ1) is 15.7. The van der Waals surface area contributed by atoms with E-state index >= 15 is 0 Å². The van der Waals surface area contributed by atoms with Crippen LogP contribution in [0.3, 0.4) is 0 Å². The minimum Gasteiger partial charge on any atom is -0.348 e. The molecule has 1 aliphatic heterocycles. The van der Waals surface area contributed by atoms with Crippen LogP contribution in [0.5, 0.6) is 0 Å². The van der Waals surface area contributed by atoms with E-state index in [1.54, 1.807) is 29.5 Å². The summed E-state index contributed by atoms with van der Waals surface area (Å²) in [6, 6.07) is 5.06. The Morgan fingerprint density at radius 3 is 3.05 bits per heavy atom. The van der Waals surface area contributed by atoms with E-state index in [2.05, 4.69) is 15.2 Å². The van der Waals surface area contributed by atoms with Crippen molar-refractivity contribution < 1.29 is 4.79 Å². The molecule has 0 spiro atoms. The molecule has 1 aromatic heterocycles. The van der Waals surface area contributed by atoms with Gasteiger partial charge in [0.05, 0.1) is 16.1 Å². The van der Waals surface area contributed by atoms with Gasteiger partial charge in [0, 0.05) is 41.8 Å². The molecule has 1 aromatic carbocycles. The van der Waals surface area contributed by atoms with Crippen molar-refractivity contribution in [2.45, 2.75) is 19.0 Å². The Hall–Kier alpha value is -1.14. The number of carbonyl (C=O) groups is 1. The highest BCUT2D eigenvalue weighted by atomic mass is 35.5. The van der Waals surface area contributed by atoms with Gasteiger partial charge in [-0.15, -0.1) is 11.3 Å². The molecule has 22 heavy (non-hydrogen) atoms. The van der Waals surface area contributed by atoms with Crippen molar-refractivity contribution in [1.29, 1.82) is 0 Å². The van der Waals surface area contributed by atoms with Gasteiger partial charge in [-0.25, -0.2) is 0 Å². The minimum absolute atomic E-state index is 0.146. The Morgan fingerprint density at radius 1 is 1.45 bits per heavy atom. The van der Waals surface area contributed by atoms with Gasteiger partial charge in [-0.05, 0) is 24.6 Å². The highest BCUT2D eigenvalue weighted by Gasteiger charge is 2.25. The number of rotatable bonds is 4. The van der Waals surface area contributed by atoms with E-state index in [0.717, 1.165) is 26.1 Å². The standard InChI is InChI=1S/C15H15Cl2N3OS/c16-10-1-2-13(14(17)5-10)15(21)19-11-3-4-20(7-11)8-12-6-18-9-22-12/h1-2,5-6,9,11H,3-4,7-8H2,(H,19,21)/t11-/m0/s1. The quantitative estimate of drug-likeness (QED) is 0.913. The van der Waals surface area contributed by atoms with Gasteiger partial charge in [0.2, 0.25) is 0 Å². The summed E-state index contributed by atoms with van der Waals surface area (Å²) >= 11 is 13.6. The van der Waals surface area contributed by atoms with E-state index in [1.165, 1.54) is 4.88 Å². The third-order valence-corrected chi connectivity index (χ3v) is 4.96. The molecule has 0 saturated carbocycles. The normalized spacial score (nSPS) is 18.5. The minimum atomic E-state index is -0.147. The third kappa shape index (κ3) is 3.79. The topological polar surface area (TPSA) is 45.2 Å². The largest absolute Gasteiger partial charge is 0.348 e. The molecule has 1 aliphatic rings. The molecule has 0 radical (unpaired) electrons. The molecule has 4 nitrogen and oxygen atoms in total. The maximum absolute atomic E-state index is 12.3. The molecule has 0 bridgehead atoms. The zero-order chi connectivity index (χ0) is 15.5. The summed E-state index contributed by atoms with van der Waals surface area (Å²) in [5.41, 5.74) is 2.31. The fourth-order valence-corrected chi connectivity index (χ4v) is 3.70. The summed E-state index contributed by atoms with van der Waals surface area (Å²) in [7, 11) is 0. The number of nitrogens with one attached hydrogen (secondary N) is 1. The second-order valence-electron chi connectivity index (χ2n) is 5.29. The number of nitrogens with zero attached hydrogens (tertiary/aromatic N) is 2. The van der Waals surface area contributed by atoms with Gasteiger partial charge in [0.15, 0.2) is 0 Å². The zero-order valence-corrected chi connectivity index (χ0v) is 14.1. The molecule has 1 fully saturated rings. The molecule has 2 aromatic rings. The van der Waals surface area contributed by atoms with Crippen LogP contribution in [0, 0.1) is 0 Å². The summed E-state index contributed by atoms with van der Waals surface area (Å²) in [6.07, 6.45) is 2.83. The number of hydrogen-bond acceptors (Lipinski definition) is 4. The van der Waals surface area contributed by atoms with Gasteiger partial charge in [0.25, 0.3) is 5.91 Å². The fraction of sp³-hybridized carbons (Fsp3) is 0.333. The summed E-state index contributed by atoms with van der Waals surface area (Å²) in [4.78, 5) is 19.9. The molecular formula is C15H15Cl2N3OS. The van der Waals surface area contributed by atoms with Crippen LogP contribution in [-0.4, -0.2) is 34.9 Å². The Kier molecular flexibility index (Phi) is 4.98. The van der Waals surface area contributed by atoms with E-state index in [9.17, 15) is 4.79 Å². The summed E-state index contributed by atoms with van der Waals surface area (Å²) in [5, 5.41) is 3.95. The summed E-state index contributed by atoms with van der Waals surface area (Å²) in [5.74, 6) is -0.147. The van der Waals surface area contributed by atoms with Crippen LogP contribution in [0.25, 0.3) is 0 Å². The molecule has 1 N–H and O–H groups in total. The van der Waals surface area contributed by atoms with E-state index in [1.807, 2.05) is 11.7 Å². The van der Waals surface area contributed by atoms with Crippen molar-refractivity contribution in [3.8, 4) is 0 Å². The van der Waals surface area contributed by atoms with Gasteiger partial charge in [0.1, 0.15) is 0 Å². The number of carbonyl (C=O) groups excluding carboxylic acids is 1. The first-order valence-corrected chi connectivity index (χ1v) is 8.61. The molecule has 1 amide bonds. The lowest BCUT2D eigenvalue weighted by Gasteiger charge is -2.16. The third-order valence-electron chi connectivity index (χ3n) is 3.65. The zero-order valence-electron chi connectivity index (χ0n) is 11.8. The summed E-state index contributed by atoms with van der Waals surface area (Å²) in [6.45, 7) is 2.70. The van der Waals surface area contributed by atoms with Crippen LogP contribution < -0.4 is 5.32 Å². The highest BCUT2D eigenvalue weighted by Crippen LogP contribution is 2.22. The molecule has 2 heterocycles. The smallest absolute Gasteiger partial charge is 0.253 e. The van der Waals surface area contributed by atoms with Crippen LogP contribution in [0.15, 0.2) is 29.9 Å². The van der Waals surface area contributed by atoms with Crippen LogP contribution >= 0.6 is 34.5 Å². The lowest BCUT2D eigenvalue weighted by molar-refractivity contribution is 0.0938. The van der Waals surface area contributed by atoms with Gasteiger partial charge in [-0.3, -0.25) is 14.7 Å². The van der Waals surface area contributed by atoms with Crippen molar-refractivity contribution >= 4 is 40.4 Å². The molecule has 116 valence electrons. The monoisotopic (exact) mass is 355 g/mol. The average molecular weight is 356 g/mol. The molecule has 0 unspecified atom stereocenters. The van der Waals surface area contributed by atoms with Crippen molar-refractivity contribution in [3.63, 3.8) is 0 Å². The van der Waals surface area contributed by atoms with E-state index in [-0.39, 0.29) is 11.9 Å². The van der Waals surface area contributed by atoms with Crippen molar-refractivity contribution in [3.05, 3.63) is 50.4 Å². The lowest BCUT2D eigenvalue weighted by atomic mass is 10.2. The number of hydrogen-bond donors (Lipinski definition) is 1. The van der Waals surface area contributed by atoms with E-state index < -0.39 is 0 Å². The van der Waals surface area contributed by atoms with Crippen LogP contribution in [0.1, 0.15) is 21.7 Å². The van der Waals surface area contributed by atoms with Crippen molar-refractivity contribution in [2.75, 3.05) is 13.1 Å². The molecular weight excluding hydrogens is 341 g/mol.